The Bertz CT molecular complexity index is 1460. The van der Waals surface area contributed by atoms with E-state index in [1.165, 1.54) is 24.3 Å². The largest absolute Gasteiger partial charge is 0.497 e. The first-order valence-corrected chi connectivity index (χ1v) is 14.0. The maximum atomic E-state index is 13.2. The van der Waals surface area contributed by atoms with Gasteiger partial charge in [0.15, 0.2) is 10.2 Å². The Hall–Kier alpha value is -4.19. The molecule has 4 N–H and O–H groups in total. The molecule has 0 aromatic heterocycles. The normalized spacial score (nSPS) is 10.7. The number of nitrogens with one attached hydrogen (secondary N) is 4. The van der Waals surface area contributed by atoms with Gasteiger partial charge in [0.25, 0.3) is 0 Å². The molecule has 8 nitrogen and oxygen atoms in total. The molecule has 0 spiro atoms. The van der Waals surface area contributed by atoms with E-state index < -0.39 is 9.84 Å². The van der Waals surface area contributed by atoms with Crippen LogP contribution >= 0.6 is 24.4 Å². The maximum Gasteiger partial charge on any atom is 0.206 e. The number of methoxy groups -OCH3 is 2. The molecule has 4 rings (SSSR count). The molecule has 39 heavy (non-hydrogen) atoms. The molecule has 4 aromatic rings. The molecule has 0 heterocycles. The minimum atomic E-state index is -3.72. The Balaban J connectivity index is 1.36. The van der Waals surface area contributed by atoms with Crippen molar-refractivity contribution in [2.45, 2.75) is 9.79 Å². The fourth-order valence-electron chi connectivity index (χ4n) is 3.56. The molecule has 11 heteroatoms. The first-order chi connectivity index (χ1) is 18.8. The summed E-state index contributed by atoms with van der Waals surface area (Å²) in [5.41, 5.74) is 2.82. The summed E-state index contributed by atoms with van der Waals surface area (Å²) in [7, 11) is -0.539. The quantitative estimate of drug-likeness (QED) is 0.182. The van der Waals surface area contributed by atoms with Crippen molar-refractivity contribution in [3.63, 3.8) is 0 Å². The molecule has 0 aliphatic heterocycles. The lowest BCUT2D eigenvalue weighted by Gasteiger charge is -2.13. The van der Waals surface area contributed by atoms with Gasteiger partial charge in [0.05, 0.1) is 24.0 Å². The van der Waals surface area contributed by atoms with Crippen molar-refractivity contribution in [2.75, 3.05) is 35.5 Å². The van der Waals surface area contributed by atoms with Gasteiger partial charge in [-0.05, 0) is 97.2 Å². The van der Waals surface area contributed by atoms with Gasteiger partial charge >= 0.3 is 0 Å². The van der Waals surface area contributed by atoms with Crippen LogP contribution in [0.25, 0.3) is 0 Å². The number of benzene rings is 4. The molecule has 0 saturated carbocycles. The summed E-state index contributed by atoms with van der Waals surface area (Å²) >= 11 is 10.7. The van der Waals surface area contributed by atoms with E-state index in [-0.39, 0.29) is 9.79 Å². The van der Waals surface area contributed by atoms with Crippen molar-refractivity contribution in [3.05, 3.63) is 97.1 Å². The van der Waals surface area contributed by atoms with Crippen LogP contribution in [-0.2, 0) is 9.84 Å². The summed E-state index contributed by atoms with van der Waals surface area (Å²) in [5.74, 6) is 1.41. The lowest BCUT2D eigenvalue weighted by atomic mass is 10.3. The predicted octanol–water partition coefficient (Wildman–Crippen LogP) is 6.15. The second kappa shape index (κ2) is 12.6. The molecule has 0 aliphatic rings. The van der Waals surface area contributed by atoms with Crippen LogP contribution in [0.4, 0.5) is 22.7 Å². The van der Waals surface area contributed by atoms with Gasteiger partial charge < -0.3 is 30.7 Å². The highest BCUT2D eigenvalue weighted by Crippen LogP contribution is 2.24. The fraction of sp³-hybridized carbons (Fsp3) is 0.0714. The third-order valence-electron chi connectivity index (χ3n) is 5.50. The summed E-state index contributed by atoms with van der Waals surface area (Å²) in [6, 6.07) is 27.5. The Labute approximate surface area is 238 Å². The Kier molecular flexibility index (Phi) is 8.97. The van der Waals surface area contributed by atoms with Crippen LogP contribution in [-0.4, -0.2) is 32.9 Å². The predicted molar refractivity (Wildman–Crippen MR) is 164 cm³/mol. The first kappa shape index (κ1) is 27.8. The van der Waals surface area contributed by atoms with Gasteiger partial charge in [0.1, 0.15) is 11.5 Å². The Morgan fingerprint density at radius 1 is 0.564 bits per heavy atom. The van der Waals surface area contributed by atoms with E-state index in [9.17, 15) is 8.42 Å². The number of sulfone groups is 1. The Morgan fingerprint density at radius 3 is 1.28 bits per heavy atom. The van der Waals surface area contributed by atoms with Crippen molar-refractivity contribution < 1.29 is 17.9 Å². The highest BCUT2D eigenvalue weighted by Gasteiger charge is 2.17. The van der Waals surface area contributed by atoms with Crippen LogP contribution in [0.3, 0.4) is 0 Å². The van der Waals surface area contributed by atoms with Gasteiger partial charge in [-0.2, -0.15) is 0 Å². The number of hydrogen-bond acceptors (Lipinski definition) is 6. The average molecular weight is 579 g/mol. The first-order valence-electron chi connectivity index (χ1n) is 11.7. The zero-order chi connectivity index (χ0) is 27.8. The third kappa shape index (κ3) is 7.44. The molecule has 0 aliphatic carbocycles. The highest BCUT2D eigenvalue weighted by atomic mass is 32.2. The zero-order valence-corrected chi connectivity index (χ0v) is 23.5. The summed E-state index contributed by atoms with van der Waals surface area (Å²) in [6.07, 6.45) is 0. The summed E-state index contributed by atoms with van der Waals surface area (Å²) < 4.78 is 36.8. The van der Waals surface area contributed by atoms with Crippen LogP contribution in [0.15, 0.2) is 107 Å². The van der Waals surface area contributed by atoms with E-state index in [1.54, 1.807) is 38.5 Å². The van der Waals surface area contributed by atoms with Crippen molar-refractivity contribution in [1.82, 2.24) is 0 Å². The second-order valence-electron chi connectivity index (χ2n) is 8.17. The molecule has 0 radical (unpaired) electrons. The van der Waals surface area contributed by atoms with E-state index >= 15 is 0 Å². The van der Waals surface area contributed by atoms with Crippen molar-refractivity contribution in [2.24, 2.45) is 0 Å². The monoisotopic (exact) mass is 578 g/mol. The van der Waals surface area contributed by atoms with Crippen LogP contribution in [0.1, 0.15) is 0 Å². The van der Waals surface area contributed by atoms with Gasteiger partial charge in [-0.15, -0.1) is 0 Å². The molecule has 200 valence electrons. The van der Waals surface area contributed by atoms with Gasteiger partial charge in [-0.25, -0.2) is 8.42 Å². The average Bonchev–Trinajstić information content (AvgIpc) is 2.93. The van der Waals surface area contributed by atoms with Gasteiger partial charge in [0.2, 0.25) is 9.84 Å². The van der Waals surface area contributed by atoms with Crippen molar-refractivity contribution >= 4 is 67.2 Å². The maximum absolute atomic E-state index is 13.2. The molecule has 0 unspecified atom stereocenters. The number of thiocarbonyl (C=S) groups is 2. The van der Waals surface area contributed by atoms with E-state index in [2.05, 4.69) is 21.3 Å². The SMILES string of the molecule is COc1cccc(NC(=S)Nc2ccc(S(=O)(=O)c3ccc(NC(=S)Nc4cccc(OC)c4)cc3)cc2)c1. The van der Waals surface area contributed by atoms with E-state index in [4.69, 9.17) is 33.9 Å². The molecular formula is C28H26N4O4S3. The third-order valence-corrected chi connectivity index (χ3v) is 7.69. The van der Waals surface area contributed by atoms with Crippen molar-refractivity contribution in [3.8, 4) is 11.5 Å². The van der Waals surface area contributed by atoms with E-state index in [0.717, 1.165) is 11.4 Å². The summed E-state index contributed by atoms with van der Waals surface area (Å²) in [4.78, 5) is 0.325. The minimum absolute atomic E-state index is 0.163. The minimum Gasteiger partial charge on any atom is -0.497 e. The van der Waals surface area contributed by atoms with E-state index in [1.807, 2.05) is 48.5 Å². The highest BCUT2D eigenvalue weighted by molar-refractivity contribution is 7.91. The number of hydrogen-bond donors (Lipinski definition) is 4. The second-order valence-corrected chi connectivity index (χ2v) is 10.9. The standard InChI is InChI=1S/C28H26N4O4S3/c1-35-23-7-3-5-21(17-23)31-27(37)29-19-9-13-25(14-10-19)39(33,34)26-15-11-20(12-16-26)30-28(38)32-22-6-4-8-24(18-22)36-2/h3-18H,1-2H3,(H2,29,31,37)(H2,30,32,38). The zero-order valence-electron chi connectivity index (χ0n) is 21.1. The summed E-state index contributed by atoms with van der Waals surface area (Å²) in [6.45, 7) is 0. The van der Waals surface area contributed by atoms with Gasteiger partial charge in [-0.3, -0.25) is 0 Å². The number of rotatable bonds is 8. The number of anilines is 4. The fourth-order valence-corrected chi connectivity index (χ4v) is 5.29. The molecule has 0 amide bonds. The molecule has 0 atom stereocenters. The molecule has 0 fully saturated rings. The van der Waals surface area contributed by atoms with Gasteiger partial charge in [0, 0.05) is 34.9 Å². The molecule has 0 bridgehead atoms. The lowest BCUT2D eigenvalue weighted by molar-refractivity contribution is 0.415. The van der Waals surface area contributed by atoms with Crippen LogP contribution in [0.2, 0.25) is 0 Å². The lowest BCUT2D eigenvalue weighted by Crippen LogP contribution is -2.19. The van der Waals surface area contributed by atoms with Crippen LogP contribution in [0, 0.1) is 0 Å². The van der Waals surface area contributed by atoms with Crippen LogP contribution in [0.5, 0.6) is 11.5 Å². The van der Waals surface area contributed by atoms with Gasteiger partial charge in [-0.1, -0.05) is 12.1 Å². The molecule has 0 saturated heterocycles. The topological polar surface area (TPSA) is 101 Å². The number of ether oxygens (including phenoxy) is 2. The summed E-state index contributed by atoms with van der Waals surface area (Å²) in [5, 5.41) is 13.0. The molecular weight excluding hydrogens is 553 g/mol. The Morgan fingerprint density at radius 2 is 0.923 bits per heavy atom. The van der Waals surface area contributed by atoms with Crippen molar-refractivity contribution in [1.29, 1.82) is 0 Å². The molecule has 4 aromatic carbocycles. The van der Waals surface area contributed by atoms with E-state index in [0.29, 0.717) is 33.1 Å². The smallest absolute Gasteiger partial charge is 0.206 e. The van der Waals surface area contributed by atoms with Crippen LogP contribution < -0.4 is 30.7 Å².